The van der Waals surface area contributed by atoms with Crippen molar-refractivity contribution in [3.05, 3.63) is 72.4 Å². The summed E-state index contributed by atoms with van der Waals surface area (Å²) in [5.41, 5.74) is 2.17. The molecule has 130 valence electrons. The molecule has 3 aromatic rings. The molecule has 5 heteroatoms. The molecule has 1 atom stereocenters. The first-order chi connectivity index (χ1) is 12.3. The SMILES string of the molecule is CCOc1ccccc1-n1ccc(C2OCCN2Cc2ccco2)c1. The Kier molecular flexibility index (Phi) is 4.59. The van der Waals surface area contributed by atoms with Crippen molar-refractivity contribution in [3.63, 3.8) is 0 Å². The molecule has 3 heterocycles. The molecule has 0 bridgehead atoms. The zero-order chi connectivity index (χ0) is 17.1. The number of nitrogens with zero attached hydrogens (tertiary/aromatic N) is 2. The van der Waals surface area contributed by atoms with Crippen molar-refractivity contribution >= 4 is 0 Å². The van der Waals surface area contributed by atoms with E-state index in [9.17, 15) is 0 Å². The predicted octanol–water partition coefficient (Wildman–Crippen LogP) is 4.00. The van der Waals surface area contributed by atoms with Crippen LogP contribution >= 0.6 is 0 Å². The molecule has 0 spiro atoms. The molecule has 1 unspecified atom stereocenters. The zero-order valence-electron chi connectivity index (χ0n) is 14.3. The number of hydrogen-bond donors (Lipinski definition) is 0. The Morgan fingerprint density at radius 1 is 1.16 bits per heavy atom. The molecule has 1 aliphatic heterocycles. The van der Waals surface area contributed by atoms with Crippen molar-refractivity contribution in [1.29, 1.82) is 0 Å². The van der Waals surface area contributed by atoms with Crippen molar-refractivity contribution in [3.8, 4) is 11.4 Å². The molecular formula is C20H22N2O3. The Morgan fingerprint density at radius 3 is 2.92 bits per heavy atom. The number of benzene rings is 1. The average Bonchev–Trinajstić information content (AvgIpc) is 3.37. The summed E-state index contributed by atoms with van der Waals surface area (Å²) in [6.07, 6.45) is 5.83. The van der Waals surface area contributed by atoms with Gasteiger partial charge in [0.05, 0.1) is 31.7 Å². The molecular weight excluding hydrogens is 316 g/mol. The molecule has 1 aliphatic rings. The highest BCUT2D eigenvalue weighted by molar-refractivity contribution is 5.47. The second-order valence-corrected chi connectivity index (χ2v) is 6.03. The van der Waals surface area contributed by atoms with Gasteiger partial charge in [-0.2, -0.15) is 0 Å². The monoisotopic (exact) mass is 338 g/mol. The van der Waals surface area contributed by atoms with Crippen LogP contribution in [0.15, 0.2) is 65.5 Å². The Balaban J connectivity index is 1.56. The maximum Gasteiger partial charge on any atom is 0.143 e. The molecule has 1 saturated heterocycles. The summed E-state index contributed by atoms with van der Waals surface area (Å²) in [6, 6.07) is 14.1. The first-order valence-electron chi connectivity index (χ1n) is 8.63. The smallest absolute Gasteiger partial charge is 0.143 e. The van der Waals surface area contributed by atoms with Crippen molar-refractivity contribution in [2.45, 2.75) is 19.7 Å². The van der Waals surface area contributed by atoms with E-state index in [1.54, 1.807) is 6.26 Å². The molecule has 0 amide bonds. The molecule has 0 N–H and O–H groups in total. The van der Waals surface area contributed by atoms with Crippen LogP contribution in [0.1, 0.15) is 24.5 Å². The molecule has 4 rings (SSSR count). The maximum atomic E-state index is 5.97. The van der Waals surface area contributed by atoms with Crippen LogP contribution in [0, 0.1) is 0 Å². The van der Waals surface area contributed by atoms with E-state index in [0.29, 0.717) is 6.61 Å². The number of aromatic nitrogens is 1. The van der Waals surface area contributed by atoms with E-state index >= 15 is 0 Å². The Bertz CT molecular complexity index is 810. The van der Waals surface area contributed by atoms with Gasteiger partial charge >= 0.3 is 0 Å². The summed E-state index contributed by atoms with van der Waals surface area (Å²) in [5.74, 6) is 1.84. The molecule has 1 fully saturated rings. The second kappa shape index (κ2) is 7.17. The van der Waals surface area contributed by atoms with Crippen molar-refractivity contribution in [2.24, 2.45) is 0 Å². The van der Waals surface area contributed by atoms with Crippen LogP contribution < -0.4 is 4.74 Å². The third-order valence-corrected chi connectivity index (χ3v) is 4.37. The average molecular weight is 338 g/mol. The number of furan rings is 1. The number of hydrogen-bond acceptors (Lipinski definition) is 4. The first-order valence-corrected chi connectivity index (χ1v) is 8.63. The van der Waals surface area contributed by atoms with E-state index in [1.165, 1.54) is 0 Å². The van der Waals surface area contributed by atoms with Crippen LogP contribution in [0.5, 0.6) is 5.75 Å². The lowest BCUT2D eigenvalue weighted by molar-refractivity contribution is 0.0258. The van der Waals surface area contributed by atoms with Gasteiger partial charge in [0.1, 0.15) is 17.7 Å². The van der Waals surface area contributed by atoms with Gasteiger partial charge in [-0.05, 0) is 37.3 Å². The quantitative estimate of drug-likeness (QED) is 0.681. The molecule has 0 saturated carbocycles. The summed E-state index contributed by atoms with van der Waals surface area (Å²) in [5, 5.41) is 0. The minimum atomic E-state index is -0.0504. The molecule has 0 aliphatic carbocycles. The molecule has 25 heavy (non-hydrogen) atoms. The highest BCUT2D eigenvalue weighted by Gasteiger charge is 2.28. The summed E-state index contributed by atoms with van der Waals surface area (Å²) >= 11 is 0. The van der Waals surface area contributed by atoms with Crippen LogP contribution in [0.25, 0.3) is 5.69 Å². The van der Waals surface area contributed by atoms with E-state index in [1.807, 2.05) is 37.3 Å². The Labute approximate surface area is 147 Å². The van der Waals surface area contributed by atoms with E-state index in [-0.39, 0.29) is 6.23 Å². The fourth-order valence-electron chi connectivity index (χ4n) is 3.23. The van der Waals surface area contributed by atoms with Crippen LogP contribution in [0.4, 0.5) is 0 Å². The van der Waals surface area contributed by atoms with Gasteiger partial charge in [-0.3, -0.25) is 4.90 Å². The van der Waals surface area contributed by atoms with Gasteiger partial charge in [-0.1, -0.05) is 12.1 Å². The summed E-state index contributed by atoms with van der Waals surface area (Å²) in [7, 11) is 0. The molecule has 5 nitrogen and oxygen atoms in total. The topological polar surface area (TPSA) is 39.8 Å². The van der Waals surface area contributed by atoms with E-state index < -0.39 is 0 Å². The highest BCUT2D eigenvalue weighted by Crippen LogP contribution is 2.31. The van der Waals surface area contributed by atoms with Crippen molar-refractivity contribution in [1.82, 2.24) is 9.47 Å². The Morgan fingerprint density at radius 2 is 2.08 bits per heavy atom. The van der Waals surface area contributed by atoms with Crippen LogP contribution in [-0.2, 0) is 11.3 Å². The molecule has 0 radical (unpaired) electrons. The number of para-hydroxylation sites is 2. The van der Waals surface area contributed by atoms with Crippen LogP contribution in [0.3, 0.4) is 0 Å². The molecule has 1 aromatic carbocycles. The van der Waals surface area contributed by atoms with E-state index in [4.69, 9.17) is 13.9 Å². The van der Waals surface area contributed by atoms with Crippen molar-refractivity contribution in [2.75, 3.05) is 19.8 Å². The summed E-state index contributed by atoms with van der Waals surface area (Å²) in [6.45, 7) is 5.01. The number of ether oxygens (including phenoxy) is 2. The van der Waals surface area contributed by atoms with Gasteiger partial charge in [0.25, 0.3) is 0 Å². The molecule has 2 aromatic heterocycles. The number of rotatable bonds is 6. The van der Waals surface area contributed by atoms with Crippen LogP contribution in [0.2, 0.25) is 0 Å². The summed E-state index contributed by atoms with van der Waals surface area (Å²) in [4.78, 5) is 2.28. The fraction of sp³-hybridized carbons (Fsp3) is 0.300. The fourth-order valence-corrected chi connectivity index (χ4v) is 3.23. The normalized spacial score (nSPS) is 17.9. The Hall–Kier alpha value is -2.50. The standard InChI is InChI=1S/C20H22N2O3/c1-2-23-19-8-4-3-7-18(19)21-10-9-16(14-21)20-22(11-13-25-20)15-17-6-5-12-24-17/h3-10,12,14,20H,2,11,13,15H2,1H3. The van der Waals surface area contributed by atoms with Gasteiger partial charge in [0.15, 0.2) is 0 Å². The van der Waals surface area contributed by atoms with E-state index in [2.05, 4.69) is 34.0 Å². The lowest BCUT2D eigenvalue weighted by Gasteiger charge is -2.21. The third-order valence-electron chi connectivity index (χ3n) is 4.37. The lowest BCUT2D eigenvalue weighted by atomic mass is 10.2. The lowest BCUT2D eigenvalue weighted by Crippen LogP contribution is -2.22. The summed E-state index contributed by atoms with van der Waals surface area (Å²) < 4.78 is 19.3. The zero-order valence-corrected chi connectivity index (χ0v) is 14.3. The minimum Gasteiger partial charge on any atom is -0.492 e. The predicted molar refractivity (Wildman–Crippen MR) is 94.7 cm³/mol. The van der Waals surface area contributed by atoms with Crippen molar-refractivity contribution < 1.29 is 13.9 Å². The third kappa shape index (κ3) is 3.34. The largest absolute Gasteiger partial charge is 0.492 e. The van der Waals surface area contributed by atoms with Crippen LogP contribution in [-0.4, -0.2) is 29.2 Å². The van der Waals surface area contributed by atoms with Gasteiger partial charge in [0, 0.05) is 24.5 Å². The maximum absolute atomic E-state index is 5.97. The van der Waals surface area contributed by atoms with Gasteiger partial charge in [-0.15, -0.1) is 0 Å². The minimum absolute atomic E-state index is 0.0504. The van der Waals surface area contributed by atoms with Gasteiger partial charge in [0.2, 0.25) is 0 Å². The van der Waals surface area contributed by atoms with E-state index in [0.717, 1.165) is 42.5 Å². The first kappa shape index (κ1) is 16.0. The van der Waals surface area contributed by atoms with Gasteiger partial charge in [-0.25, -0.2) is 0 Å². The second-order valence-electron chi connectivity index (χ2n) is 6.03. The highest BCUT2D eigenvalue weighted by atomic mass is 16.5. The van der Waals surface area contributed by atoms with Gasteiger partial charge < -0.3 is 18.5 Å².